The van der Waals surface area contributed by atoms with Gasteiger partial charge in [-0.25, -0.2) is 0 Å². The monoisotopic (exact) mass is 282 g/mol. The van der Waals surface area contributed by atoms with Crippen molar-refractivity contribution in [2.45, 2.75) is 64.2 Å². The highest BCUT2D eigenvalue weighted by Gasteiger charge is 2.55. The lowest BCUT2D eigenvalue weighted by Crippen LogP contribution is -2.41. The van der Waals surface area contributed by atoms with Crippen molar-refractivity contribution in [3.05, 3.63) is 35.4 Å². The highest BCUT2D eigenvalue weighted by atomic mass is 16.1. The third-order valence-corrected chi connectivity index (χ3v) is 6.65. The highest BCUT2D eigenvalue weighted by Crippen LogP contribution is 2.58. The van der Waals surface area contributed by atoms with Crippen molar-refractivity contribution in [3.8, 4) is 0 Å². The van der Waals surface area contributed by atoms with Crippen LogP contribution in [0, 0.1) is 17.3 Å². The van der Waals surface area contributed by atoms with Crippen molar-refractivity contribution >= 4 is 5.78 Å². The zero-order valence-electron chi connectivity index (χ0n) is 12.9. The molecule has 0 aromatic heterocycles. The van der Waals surface area contributed by atoms with Gasteiger partial charge in [0.2, 0.25) is 0 Å². The van der Waals surface area contributed by atoms with Crippen molar-refractivity contribution in [2.24, 2.45) is 17.3 Å². The fourth-order valence-corrected chi connectivity index (χ4v) is 5.67. The van der Waals surface area contributed by atoms with Gasteiger partial charge < -0.3 is 0 Å². The molecular formula is C20H26O. The van der Waals surface area contributed by atoms with E-state index in [1.54, 1.807) is 0 Å². The molecule has 1 heteroatoms. The van der Waals surface area contributed by atoms with E-state index < -0.39 is 0 Å². The van der Waals surface area contributed by atoms with Crippen molar-refractivity contribution < 1.29 is 4.79 Å². The maximum absolute atomic E-state index is 13.6. The molecule has 0 heterocycles. The van der Waals surface area contributed by atoms with E-state index in [-0.39, 0.29) is 5.41 Å². The average molecular weight is 282 g/mol. The number of carbonyl (C=O) groups excluding carboxylic acids is 1. The van der Waals surface area contributed by atoms with Crippen LogP contribution < -0.4 is 0 Å². The topological polar surface area (TPSA) is 17.1 Å². The maximum Gasteiger partial charge on any atom is 0.169 e. The molecule has 112 valence electrons. The Morgan fingerprint density at radius 3 is 2.33 bits per heavy atom. The predicted molar refractivity (Wildman–Crippen MR) is 85.4 cm³/mol. The Morgan fingerprint density at radius 2 is 1.57 bits per heavy atom. The summed E-state index contributed by atoms with van der Waals surface area (Å²) in [7, 11) is 0. The Bertz CT molecular complexity index is 531. The number of carbonyl (C=O) groups is 1. The van der Waals surface area contributed by atoms with Gasteiger partial charge in [0.1, 0.15) is 0 Å². The first-order chi connectivity index (χ1) is 10.3. The number of aryl methyl sites for hydroxylation is 1. The molecule has 1 spiro atoms. The third kappa shape index (κ3) is 2.00. The molecule has 2 fully saturated rings. The Morgan fingerprint density at radius 1 is 0.857 bits per heavy atom. The van der Waals surface area contributed by atoms with Gasteiger partial charge in [-0.05, 0) is 62.3 Å². The summed E-state index contributed by atoms with van der Waals surface area (Å²) in [6.45, 7) is 0. The molecule has 2 saturated carbocycles. The number of fused-ring (bicyclic) bond motifs is 1. The smallest absolute Gasteiger partial charge is 0.169 e. The van der Waals surface area contributed by atoms with E-state index in [1.807, 2.05) is 0 Å². The molecule has 0 amide bonds. The summed E-state index contributed by atoms with van der Waals surface area (Å²) < 4.78 is 0. The van der Waals surface area contributed by atoms with Crippen LogP contribution in [0.3, 0.4) is 0 Å². The van der Waals surface area contributed by atoms with E-state index in [2.05, 4.69) is 24.3 Å². The minimum absolute atomic E-state index is 0.00697. The van der Waals surface area contributed by atoms with Crippen molar-refractivity contribution in [2.75, 3.05) is 0 Å². The lowest BCUT2D eigenvalue weighted by atomic mass is 9.62. The van der Waals surface area contributed by atoms with E-state index in [0.29, 0.717) is 17.6 Å². The van der Waals surface area contributed by atoms with E-state index in [0.717, 1.165) is 18.4 Å². The lowest BCUT2D eigenvalue weighted by molar-refractivity contribution is 0.0559. The normalized spacial score (nSPS) is 35.9. The molecule has 21 heavy (non-hydrogen) atoms. The fourth-order valence-electron chi connectivity index (χ4n) is 5.67. The largest absolute Gasteiger partial charge is 0.294 e. The first-order valence-electron chi connectivity index (χ1n) is 8.95. The van der Waals surface area contributed by atoms with Crippen molar-refractivity contribution in [1.82, 2.24) is 0 Å². The first kappa shape index (κ1) is 13.5. The Hall–Kier alpha value is -1.11. The van der Waals surface area contributed by atoms with Gasteiger partial charge in [-0.1, -0.05) is 43.5 Å². The number of benzene rings is 1. The number of hydrogen-bond donors (Lipinski definition) is 0. The summed E-state index contributed by atoms with van der Waals surface area (Å²) in [5.74, 6) is 1.86. The second kappa shape index (κ2) is 5.26. The quantitative estimate of drug-likeness (QED) is 0.640. The van der Waals surface area contributed by atoms with Gasteiger partial charge in [0.05, 0.1) is 0 Å². The number of rotatable bonds is 0. The molecule has 2 unspecified atom stereocenters. The third-order valence-electron chi connectivity index (χ3n) is 6.65. The zero-order chi connectivity index (χ0) is 14.3. The molecule has 2 bridgehead atoms. The second-order valence-corrected chi connectivity index (χ2v) is 7.49. The summed E-state index contributed by atoms with van der Waals surface area (Å²) in [6.07, 6.45) is 12.6. The van der Waals surface area contributed by atoms with Crippen LogP contribution in [0.4, 0.5) is 0 Å². The van der Waals surface area contributed by atoms with Crippen LogP contribution in [0.1, 0.15) is 73.7 Å². The van der Waals surface area contributed by atoms with Gasteiger partial charge in [-0.3, -0.25) is 4.79 Å². The second-order valence-electron chi connectivity index (χ2n) is 7.49. The average Bonchev–Trinajstić information content (AvgIpc) is 2.72. The standard InChI is InChI=1S/C20H26O/c21-19-18-11-4-1-7-15(18)8-5-6-14-20(19)16-9-2-3-10-17(20)13-12-16/h1,4,7,11,16-17H,2-3,5-6,8-10,12-14H2. The number of hydrogen-bond acceptors (Lipinski definition) is 1. The van der Waals surface area contributed by atoms with Crippen molar-refractivity contribution in [1.29, 1.82) is 0 Å². The van der Waals surface area contributed by atoms with Gasteiger partial charge >= 0.3 is 0 Å². The van der Waals surface area contributed by atoms with E-state index in [4.69, 9.17) is 0 Å². The van der Waals surface area contributed by atoms with Crippen LogP contribution in [0.2, 0.25) is 0 Å². The number of Topliss-reactive ketones (excluding diaryl/α,β-unsaturated/α-hetero) is 1. The van der Waals surface area contributed by atoms with Crippen LogP contribution in [-0.4, -0.2) is 5.78 Å². The molecule has 1 aromatic rings. The van der Waals surface area contributed by atoms with Gasteiger partial charge in [-0.2, -0.15) is 0 Å². The molecule has 0 radical (unpaired) electrons. The van der Waals surface area contributed by atoms with Gasteiger partial charge in [0.15, 0.2) is 5.78 Å². The fraction of sp³-hybridized carbons (Fsp3) is 0.650. The Kier molecular flexibility index (Phi) is 3.40. The minimum atomic E-state index is 0.00697. The van der Waals surface area contributed by atoms with E-state index in [1.165, 1.54) is 56.9 Å². The van der Waals surface area contributed by atoms with Gasteiger partial charge in [-0.15, -0.1) is 0 Å². The molecular weight excluding hydrogens is 256 g/mol. The Labute approximate surface area is 128 Å². The molecule has 2 atom stereocenters. The molecule has 1 aromatic carbocycles. The molecule has 3 aliphatic carbocycles. The summed E-state index contributed by atoms with van der Waals surface area (Å²) in [4.78, 5) is 13.6. The van der Waals surface area contributed by atoms with Crippen LogP contribution in [0.25, 0.3) is 0 Å². The van der Waals surface area contributed by atoms with Gasteiger partial charge in [0.25, 0.3) is 0 Å². The van der Waals surface area contributed by atoms with E-state index >= 15 is 0 Å². The summed E-state index contributed by atoms with van der Waals surface area (Å²) in [6, 6.07) is 8.45. The summed E-state index contributed by atoms with van der Waals surface area (Å²) in [5, 5.41) is 0. The number of ketones is 1. The molecule has 0 N–H and O–H groups in total. The van der Waals surface area contributed by atoms with Crippen molar-refractivity contribution in [3.63, 3.8) is 0 Å². The zero-order valence-corrected chi connectivity index (χ0v) is 12.9. The summed E-state index contributed by atoms with van der Waals surface area (Å²) in [5.41, 5.74) is 2.38. The maximum atomic E-state index is 13.6. The lowest BCUT2D eigenvalue weighted by Gasteiger charge is -2.39. The molecule has 4 rings (SSSR count). The minimum Gasteiger partial charge on any atom is -0.294 e. The van der Waals surface area contributed by atoms with Gasteiger partial charge in [0, 0.05) is 11.0 Å². The predicted octanol–water partition coefficient (Wildman–Crippen LogP) is 5.18. The molecule has 3 aliphatic rings. The molecule has 0 saturated heterocycles. The van der Waals surface area contributed by atoms with Crippen LogP contribution >= 0.6 is 0 Å². The molecule has 1 nitrogen and oxygen atoms in total. The van der Waals surface area contributed by atoms with Crippen LogP contribution in [-0.2, 0) is 6.42 Å². The summed E-state index contributed by atoms with van der Waals surface area (Å²) >= 11 is 0. The molecule has 0 aliphatic heterocycles. The Balaban J connectivity index is 1.83. The van der Waals surface area contributed by atoms with Crippen LogP contribution in [0.5, 0.6) is 0 Å². The highest BCUT2D eigenvalue weighted by molar-refractivity contribution is 6.02. The first-order valence-corrected chi connectivity index (χ1v) is 8.95. The van der Waals surface area contributed by atoms with Crippen LogP contribution in [0.15, 0.2) is 24.3 Å². The van der Waals surface area contributed by atoms with E-state index in [9.17, 15) is 4.79 Å². The SMILES string of the molecule is O=C1c2ccccc2CCCCC12C1CCCCC2CC1.